The van der Waals surface area contributed by atoms with Crippen molar-refractivity contribution in [1.29, 1.82) is 0 Å². The van der Waals surface area contributed by atoms with E-state index in [-0.39, 0.29) is 23.4 Å². The zero-order chi connectivity index (χ0) is 25.2. The number of aliphatic carboxylic acids is 1. The molecule has 0 unspecified atom stereocenters. The number of allylic oxidation sites excluding steroid dienone is 1. The van der Waals surface area contributed by atoms with Crippen molar-refractivity contribution in [3.63, 3.8) is 0 Å². The number of carboxylic acids is 1. The number of nitrogen functional groups attached to an aromatic ring is 1. The summed E-state index contributed by atoms with van der Waals surface area (Å²) in [7, 11) is 0. The molecule has 4 rings (SSSR count). The molecule has 0 bridgehead atoms. The van der Waals surface area contributed by atoms with Crippen molar-refractivity contribution >= 4 is 40.4 Å². The fourth-order valence-electron chi connectivity index (χ4n) is 3.91. The molecule has 0 saturated heterocycles. The van der Waals surface area contributed by atoms with E-state index in [4.69, 9.17) is 10.8 Å². The molecule has 2 amide bonds. The van der Waals surface area contributed by atoms with Crippen LogP contribution in [0, 0.1) is 0 Å². The van der Waals surface area contributed by atoms with Gasteiger partial charge in [0, 0.05) is 47.1 Å². The molecule has 1 heterocycles. The molecule has 1 aliphatic rings. The second kappa shape index (κ2) is 9.38. The highest BCUT2D eigenvalue weighted by molar-refractivity contribution is 6.10. The van der Waals surface area contributed by atoms with Crippen LogP contribution in [0.25, 0.3) is 5.57 Å². The molecule has 0 aromatic heterocycles. The predicted octanol–water partition coefficient (Wildman–Crippen LogP) is 4.67. The van der Waals surface area contributed by atoms with Crippen molar-refractivity contribution in [2.45, 2.75) is 12.3 Å². The monoisotopic (exact) mass is 477 g/mol. The van der Waals surface area contributed by atoms with Crippen molar-refractivity contribution in [3.05, 3.63) is 95.6 Å². The molecule has 0 saturated carbocycles. The summed E-state index contributed by atoms with van der Waals surface area (Å²) < 4.78 is 29.7. The standard InChI is InChI=1S/C26H21F2N3O4/c27-26(28)13-14-31(22-8-4-2-5-18(22)20(26)15-23(32)33)25(35)16-9-11-17(12-10-16)30-24(34)19-6-1-3-7-21(19)29/h1-12,15H,13-14,29H2,(H,30,34)(H,32,33). The molecular formula is C26H21F2N3O4. The Balaban J connectivity index is 1.61. The number of hydrogen-bond donors (Lipinski definition) is 3. The van der Waals surface area contributed by atoms with Crippen LogP contribution in [0.15, 0.2) is 78.9 Å². The molecule has 35 heavy (non-hydrogen) atoms. The van der Waals surface area contributed by atoms with Crippen molar-refractivity contribution in [3.8, 4) is 0 Å². The average Bonchev–Trinajstić information content (AvgIpc) is 2.93. The number of carbonyl (C=O) groups excluding carboxylic acids is 2. The summed E-state index contributed by atoms with van der Waals surface area (Å²) in [6, 6.07) is 18.6. The number of benzene rings is 3. The number of amides is 2. The van der Waals surface area contributed by atoms with Gasteiger partial charge in [-0.1, -0.05) is 30.3 Å². The molecule has 0 radical (unpaired) electrons. The van der Waals surface area contributed by atoms with Crippen LogP contribution >= 0.6 is 0 Å². The summed E-state index contributed by atoms with van der Waals surface area (Å²) in [5.41, 5.74) is 6.62. The Labute approximate surface area is 199 Å². The summed E-state index contributed by atoms with van der Waals surface area (Å²) in [5, 5.41) is 11.8. The lowest BCUT2D eigenvalue weighted by molar-refractivity contribution is -0.131. The maximum Gasteiger partial charge on any atom is 0.328 e. The predicted molar refractivity (Wildman–Crippen MR) is 129 cm³/mol. The third kappa shape index (κ3) is 4.89. The quantitative estimate of drug-likeness (QED) is 0.373. The lowest BCUT2D eigenvalue weighted by Gasteiger charge is -2.23. The van der Waals surface area contributed by atoms with Crippen LogP contribution in [-0.2, 0) is 4.79 Å². The number of hydrogen-bond acceptors (Lipinski definition) is 4. The van der Waals surface area contributed by atoms with E-state index in [1.165, 1.54) is 47.4 Å². The largest absolute Gasteiger partial charge is 0.478 e. The summed E-state index contributed by atoms with van der Waals surface area (Å²) in [5.74, 6) is -5.88. The van der Waals surface area contributed by atoms with Gasteiger partial charge in [-0.2, -0.15) is 0 Å². The molecule has 4 N–H and O–H groups in total. The number of carboxylic acid groups (broad SMARTS) is 1. The molecule has 0 fully saturated rings. The van der Waals surface area contributed by atoms with E-state index in [2.05, 4.69) is 5.32 Å². The normalized spacial score (nSPS) is 15.7. The molecule has 0 aliphatic carbocycles. The van der Waals surface area contributed by atoms with Crippen LogP contribution in [0.3, 0.4) is 0 Å². The van der Waals surface area contributed by atoms with Crippen LogP contribution in [0.5, 0.6) is 0 Å². The van der Waals surface area contributed by atoms with E-state index >= 15 is 0 Å². The van der Waals surface area contributed by atoms with E-state index in [1.54, 1.807) is 30.3 Å². The van der Waals surface area contributed by atoms with Crippen LogP contribution in [0.2, 0.25) is 0 Å². The molecule has 3 aromatic carbocycles. The highest BCUT2D eigenvalue weighted by atomic mass is 19.3. The number of rotatable bonds is 4. The van der Waals surface area contributed by atoms with Crippen molar-refractivity contribution in [2.24, 2.45) is 0 Å². The zero-order valence-electron chi connectivity index (χ0n) is 18.4. The van der Waals surface area contributed by atoms with Crippen LogP contribution < -0.4 is 16.0 Å². The molecule has 0 spiro atoms. The minimum atomic E-state index is -3.43. The van der Waals surface area contributed by atoms with Gasteiger partial charge in [-0.25, -0.2) is 13.6 Å². The molecular weight excluding hydrogens is 456 g/mol. The first-order chi connectivity index (χ1) is 16.7. The number of nitrogens with two attached hydrogens (primary N) is 1. The second-order valence-corrected chi connectivity index (χ2v) is 7.94. The van der Waals surface area contributed by atoms with Gasteiger partial charge >= 0.3 is 5.97 Å². The summed E-state index contributed by atoms with van der Waals surface area (Å²) >= 11 is 0. The lowest BCUT2D eigenvalue weighted by Crippen LogP contribution is -2.33. The molecule has 7 nitrogen and oxygen atoms in total. The fourth-order valence-corrected chi connectivity index (χ4v) is 3.91. The third-order valence-electron chi connectivity index (χ3n) is 5.64. The Kier molecular flexibility index (Phi) is 6.33. The highest BCUT2D eigenvalue weighted by Crippen LogP contribution is 2.43. The first-order valence-corrected chi connectivity index (χ1v) is 10.7. The number of alkyl halides is 2. The number of nitrogens with zero attached hydrogens (tertiary/aromatic N) is 1. The first kappa shape index (κ1) is 23.6. The molecule has 178 valence electrons. The second-order valence-electron chi connectivity index (χ2n) is 7.94. The molecule has 0 atom stereocenters. The van der Waals surface area contributed by atoms with Gasteiger partial charge in [0.15, 0.2) is 0 Å². The molecule has 1 aliphatic heterocycles. The highest BCUT2D eigenvalue weighted by Gasteiger charge is 2.41. The Hall–Kier alpha value is -4.53. The number of anilines is 3. The Morgan fingerprint density at radius 3 is 2.31 bits per heavy atom. The van der Waals surface area contributed by atoms with Gasteiger partial charge in [0.2, 0.25) is 0 Å². The summed E-state index contributed by atoms with van der Waals surface area (Å²) in [4.78, 5) is 38.2. The summed E-state index contributed by atoms with van der Waals surface area (Å²) in [6.45, 7) is -0.314. The number of para-hydroxylation sites is 2. The number of halogens is 2. The topological polar surface area (TPSA) is 113 Å². The minimum Gasteiger partial charge on any atom is -0.478 e. The Morgan fingerprint density at radius 1 is 0.971 bits per heavy atom. The number of fused-ring (bicyclic) bond motifs is 1. The Morgan fingerprint density at radius 2 is 1.63 bits per heavy atom. The minimum absolute atomic E-state index is 0.0184. The summed E-state index contributed by atoms with van der Waals surface area (Å²) in [6.07, 6.45) is -0.247. The Bertz CT molecular complexity index is 1340. The third-order valence-corrected chi connectivity index (χ3v) is 5.64. The van der Waals surface area contributed by atoms with E-state index < -0.39 is 35.7 Å². The van der Waals surface area contributed by atoms with E-state index in [0.29, 0.717) is 23.0 Å². The van der Waals surface area contributed by atoms with Gasteiger partial charge in [0.05, 0.1) is 11.3 Å². The van der Waals surface area contributed by atoms with Crippen molar-refractivity contribution < 1.29 is 28.3 Å². The fraction of sp³-hybridized carbons (Fsp3) is 0.115. The number of nitrogens with one attached hydrogen (secondary N) is 1. The first-order valence-electron chi connectivity index (χ1n) is 10.7. The average molecular weight is 477 g/mol. The van der Waals surface area contributed by atoms with Gasteiger partial charge in [-0.3, -0.25) is 9.59 Å². The van der Waals surface area contributed by atoms with Crippen LogP contribution in [0.1, 0.15) is 32.7 Å². The number of carbonyl (C=O) groups is 3. The molecule has 3 aromatic rings. The van der Waals surface area contributed by atoms with Crippen LogP contribution in [0.4, 0.5) is 25.8 Å². The van der Waals surface area contributed by atoms with E-state index in [1.807, 2.05) is 0 Å². The van der Waals surface area contributed by atoms with Crippen LogP contribution in [-0.4, -0.2) is 35.4 Å². The van der Waals surface area contributed by atoms with Crippen molar-refractivity contribution in [2.75, 3.05) is 22.5 Å². The van der Waals surface area contributed by atoms with Gasteiger partial charge in [0.1, 0.15) is 0 Å². The smallest absolute Gasteiger partial charge is 0.328 e. The van der Waals surface area contributed by atoms with E-state index in [0.717, 1.165) is 0 Å². The maximum atomic E-state index is 14.8. The van der Waals surface area contributed by atoms with Crippen molar-refractivity contribution in [1.82, 2.24) is 0 Å². The zero-order valence-corrected chi connectivity index (χ0v) is 18.4. The van der Waals surface area contributed by atoms with E-state index in [9.17, 15) is 23.2 Å². The van der Waals surface area contributed by atoms with Gasteiger partial charge in [-0.15, -0.1) is 0 Å². The maximum absolute atomic E-state index is 14.8. The SMILES string of the molecule is Nc1ccccc1C(=O)Nc1ccc(C(=O)N2CCC(F)(F)C(=CC(=O)O)c3ccccc32)cc1. The molecule has 9 heteroatoms. The van der Waals surface area contributed by atoms with Gasteiger partial charge < -0.3 is 21.1 Å². The van der Waals surface area contributed by atoms with Gasteiger partial charge in [-0.05, 0) is 42.5 Å². The lowest BCUT2D eigenvalue weighted by atomic mass is 9.97. The van der Waals surface area contributed by atoms with Gasteiger partial charge in [0.25, 0.3) is 17.7 Å².